The summed E-state index contributed by atoms with van der Waals surface area (Å²) in [5.74, 6) is 0.0488. The second-order valence-electron chi connectivity index (χ2n) is 5.95. The highest BCUT2D eigenvalue weighted by Crippen LogP contribution is 2.44. The maximum Gasteiger partial charge on any atom is 0.251 e. The van der Waals surface area contributed by atoms with Gasteiger partial charge < -0.3 is 10.6 Å². The Morgan fingerprint density at radius 3 is 2.68 bits per heavy atom. The summed E-state index contributed by atoms with van der Waals surface area (Å²) in [7, 11) is 0. The predicted octanol–water partition coefficient (Wildman–Crippen LogP) is 3.35. The second kappa shape index (κ2) is 5.64. The minimum absolute atomic E-state index is 0.0488. The Bertz CT molecular complexity index is 464. The van der Waals surface area contributed by atoms with Gasteiger partial charge in [-0.1, -0.05) is 13.8 Å². The van der Waals surface area contributed by atoms with E-state index < -0.39 is 0 Å². The van der Waals surface area contributed by atoms with Crippen LogP contribution >= 0.6 is 0 Å². The van der Waals surface area contributed by atoms with Crippen molar-refractivity contribution in [3.63, 3.8) is 0 Å². The number of carbonyl (C=O) groups excluding carboxylic acids is 1. The molecule has 1 aromatic rings. The number of nitrogens with one attached hydrogen (secondary N) is 2. The van der Waals surface area contributed by atoms with Gasteiger partial charge >= 0.3 is 0 Å². The van der Waals surface area contributed by atoms with E-state index in [4.69, 9.17) is 0 Å². The molecule has 0 bridgehead atoms. The fourth-order valence-corrected chi connectivity index (χ4v) is 2.08. The summed E-state index contributed by atoms with van der Waals surface area (Å²) in [6.45, 7) is 8.10. The van der Waals surface area contributed by atoms with Gasteiger partial charge in [0, 0.05) is 24.3 Å². The Hall–Kier alpha value is -1.51. The van der Waals surface area contributed by atoms with E-state index in [1.54, 1.807) is 0 Å². The predicted molar refractivity (Wildman–Crippen MR) is 79.6 cm³/mol. The zero-order valence-corrected chi connectivity index (χ0v) is 12.2. The van der Waals surface area contributed by atoms with E-state index in [-0.39, 0.29) is 5.91 Å². The lowest BCUT2D eigenvalue weighted by atomic mass is 10.1. The molecule has 0 aliphatic heterocycles. The van der Waals surface area contributed by atoms with Gasteiger partial charge in [0.05, 0.1) is 0 Å². The normalized spacial score (nSPS) is 15.9. The molecule has 0 atom stereocenters. The van der Waals surface area contributed by atoms with Crippen LogP contribution in [0.25, 0.3) is 0 Å². The van der Waals surface area contributed by atoms with Gasteiger partial charge in [0.2, 0.25) is 0 Å². The summed E-state index contributed by atoms with van der Waals surface area (Å²) in [5.41, 5.74) is 3.25. The molecular formula is C16H24N2O. The molecule has 0 aromatic heterocycles. The summed E-state index contributed by atoms with van der Waals surface area (Å²) in [6.07, 6.45) is 3.55. The minimum Gasteiger partial charge on any atom is -0.385 e. The van der Waals surface area contributed by atoms with Crippen molar-refractivity contribution >= 4 is 11.6 Å². The number of hydrogen-bond donors (Lipinski definition) is 2. The number of benzene rings is 1. The number of hydrogen-bond acceptors (Lipinski definition) is 2. The zero-order valence-electron chi connectivity index (χ0n) is 12.2. The van der Waals surface area contributed by atoms with Crippen molar-refractivity contribution < 1.29 is 4.79 Å². The smallest absolute Gasteiger partial charge is 0.251 e. The van der Waals surface area contributed by atoms with Gasteiger partial charge in [-0.2, -0.15) is 0 Å². The molecule has 1 amide bonds. The Kier molecular flexibility index (Phi) is 4.13. The first-order valence-electron chi connectivity index (χ1n) is 7.17. The van der Waals surface area contributed by atoms with E-state index in [0.29, 0.717) is 5.41 Å². The fraction of sp³-hybridized carbons (Fsp3) is 0.562. The van der Waals surface area contributed by atoms with E-state index >= 15 is 0 Å². The van der Waals surface area contributed by atoms with Gasteiger partial charge in [0.15, 0.2) is 0 Å². The van der Waals surface area contributed by atoms with Gasteiger partial charge in [0.1, 0.15) is 0 Å². The number of aryl methyl sites for hydroxylation is 1. The lowest BCUT2D eigenvalue weighted by molar-refractivity contribution is 0.0945. The average molecular weight is 260 g/mol. The first-order valence-corrected chi connectivity index (χ1v) is 7.17. The topological polar surface area (TPSA) is 41.1 Å². The van der Waals surface area contributed by atoms with Crippen molar-refractivity contribution in [1.82, 2.24) is 5.32 Å². The highest BCUT2D eigenvalue weighted by atomic mass is 16.1. The zero-order chi connectivity index (χ0) is 13.9. The van der Waals surface area contributed by atoms with Crippen LogP contribution in [0.2, 0.25) is 0 Å². The van der Waals surface area contributed by atoms with Gasteiger partial charge in [-0.15, -0.1) is 0 Å². The number of amides is 1. The number of carbonyl (C=O) groups is 1. The summed E-state index contributed by atoms with van der Waals surface area (Å²) in [6, 6.07) is 5.94. The van der Waals surface area contributed by atoms with Crippen LogP contribution < -0.4 is 10.6 Å². The Morgan fingerprint density at radius 2 is 2.11 bits per heavy atom. The van der Waals surface area contributed by atoms with Crippen LogP contribution in [-0.2, 0) is 0 Å². The molecule has 0 radical (unpaired) electrons. The number of rotatable bonds is 6. The third-order valence-corrected chi connectivity index (χ3v) is 3.83. The molecule has 1 fully saturated rings. The summed E-state index contributed by atoms with van der Waals surface area (Å²) in [5, 5.41) is 6.38. The molecular weight excluding hydrogens is 236 g/mol. The summed E-state index contributed by atoms with van der Waals surface area (Å²) >= 11 is 0. The van der Waals surface area contributed by atoms with Crippen molar-refractivity contribution in [1.29, 1.82) is 0 Å². The van der Waals surface area contributed by atoms with Gasteiger partial charge in [-0.3, -0.25) is 4.79 Å². The van der Waals surface area contributed by atoms with E-state index in [1.165, 1.54) is 12.8 Å². The molecule has 0 unspecified atom stereocenters. The third-order valence-electron chi connectivity index (χ3n) is 3.83. The van der Waals surface area contributed by atoms with Crippen LogP contribution in [0.1, 0.15) is 49.0 Å². The lowest BCUT2D eigenvalue weighted by Crippen LogP contribution is -2.29. The van der Waals surface area contributed by atoms with Crippen LogP contribution in [0.4, 0.5) is 5.69 Å². The van der Waals surface area contributed by atoms with Crippen molar-refractivity contribution in [2.45, 2.75) is 40.0 Å². The molecule has 0 spiro atoms. The van der Waals surface area contributed by atoms with Crippen LogP contribution in [0.15, 0.2) is 18.2 Å². The summed E-state index contributed by atoms with van der Waals surface area (Å²) in [4.78, 5) is 12.1. The Labute approximate surface area is 115 Å². The Morgan fingerprint density at radius 1 is 1.37 bits per heavy atom. The molecule has 2 N–H and O–H groups in total. The van der Waals surface area contributed by atoms with E-state index in [1.807, 2.05) is 25.1 Å². The molecule has 1 saturated carbocycles. The van der Waals surface area contributed by atoms with Crippen LogP contribution in [0.5, 0.6) is 0 Å². The second-order valence-corrected chi connectivity index (χ2v) is 5.95. The van der Waals surface area contributed by atoms with Crippen LogP contribution in [0.3, 0.4) is 0 Å². The molecule has 1 aromatic carbocycles. The van der Waals surface area contributed by atoms with E-state index in [2.05, 4.69) is 24.5 Å². The largest absolute Gasteiger partial charge is 0.385 e. The van der Waals surface area contributed by atoms with Gasteiger partial charge in [0.25, 0.3) is 5.91 Å². The maximum atomic E-state index is 12.1. The van der Waals surface area contributed by atoms with Crippen molar-refractivity contribution in [2.24, 2.45) is 5.41 Å². The van der Waals surface area contributed by atoms with Crippen molar-refractivity contribution in [2.75, 3.05) is 18.4 Å². The average Bonchev–Trinajstić information content (AvgIpc) is 3.12. The monoisotopic (exact) mass is 260 g/mol. The standard InChI is InChI=1S/C16H24N2O/c1-4-9-17-13-5-6-14(12(2)10-13)15(19)18-11-16(3)7-8-16/h5-6,10,17H,4,7-9,11H2,1-3H3,(H,18,19). The molecule has 1 aliphatic rings. The highest BCUT2D eigenvalue weighted by Gasteiger charge is 2.37. The molecule has 0 saturated heterocycles. The SMILES string of the molecule is CCCNc1ccc(C(=O)NCC2(C)CC2)c(C)c1. The molecule has 19 heavy (non-hydrogen) atoms. The summed E-state index contributed by atoms with van der Waals surface area (Å²) < 4.78 is 0. The Balaban J connectivity index is 1.97. The third kappa shape index (κ3) is 3.72. The van der Waals surface area contributed by atoms with Crippen LogP contribution in [0, 0.1) is 12.3 Å². The highest BCUT2D eigenvalue weighted by molar-refractivity contribution is 5.96. The van der Waals surface area contributed by atoms with Gasteiger partial charge in [-0.05, 0) is 55.4 Å². The minimum atomic E-state index is 0.0488. The number of anilines is 1. The lowest BCUT2D eigenvalue weighted by Gasteiger charge is -2.13. The first kappa shape index (κ1) is 13.9. The van der Waals surface area contributed by atoms with E-state index in [0.717, 1.165) is 36.3 Å². The molecule has 3 nitrogen and oxygen atoms in total. The van der Waals surface area contributed by atoms with Crippen molar-refractivity contribution in [3.8, 4) is 0 Å². The molecule has 2 rings (SSSR count). The molecule has 3 heteroatoms. The first-order chi connectivity index (χ1) is 9.04. The van der Waals surface area contributed by atoms with Gasteiger partial charge in [-0.25, -0.2) is 0 Å². The fourth-order valence-electron chi connectivity index (χ4n) is 2.08. The molecule has 0 heterocycles. The van der Waals surface area contributed by atoms with Crippen LogP contribution in [-0.4, -0.2) is 19.0 Å². The van der Waals surface area contributed by atoms with E-state index in [9.17, 15) is 4.79 Å². The molecule has 104 valence electrons. The maximum absolute atomic E-state index is 12.1. The van der Waals surface area contributed by atoms with Crippen molar-refractivity contribution in [3.05, 3.63) is 29.3 Å². The quantitative estimate of drug-likeness (QED) is 0.823. The molecule has 1 aliphatic carbocycles.